The molecule has 0 spiro atoms. The van der Waals surface area contributed by atoms with Gasteiger partial charge in [0.2, 0.25) is 0 Å². The topological polar surface area (TPSA) is 47.0 Å². The number of amides is 1. The number of nitrogens with zero attached hydrogens (tertiary/aromatic N) is 3. The van der Waals surface area contributed by atoms with E-state index in [0.29, 0.717) is 17.6 Å². The third kappa shape index (κ3) is 4.74. The Kier molecular flexibility index (Phi) is 6.95. The first-order valence-corrected chi connectivity index (χ1v) is 10.5. The predicted octanol–water partition coefficient (Wildman–Crippen LogP) is 3.76. The quantitative estimate of drug-likeness (QED) is 0.741. The maximum Gasteiger partial charge on any atom is 0.253 e. The fraction of sp³-hybridized carbons (Fsp3) is 0.400. The fourth-order valence-corrected chi connectivity index (χ4v) is 4.34. The summed E-state index contributed by atoms with van der Waals surface area (Å²) in [6.07, 6.45) is 1.96. The maximum atomic E-state index is 12.3. The minimum atomic E-state index is -0.00418. The van der Waals surface area contributed by atoms with Crippen LogP contribution in [0, 0.1) is 0 Å². The fourth-order valence-electron chi connectivity index (χ4n) is 4.34. The monoisotopic (exact) mass is 407 g/mol. The van der Waals surface area contributed by atoms with Gasteiger partial charge in [-0.05, 0) is 49.2 Å². The summed E-state index contributed by atoms with van der Waals surface area (Å²) in [7, 11) is 3.52. The smallest absolute Gasteiger partial charge is 0.253 e. The van der Waals surface area contributed by atoms with E-state index < -0.39 is 0 Å². The van der Waals surface area contributed by atoms with Crippen molar-refractivity contribution >= 4 is 5.91 Å². The Morgan fingerprint density at radius 2 is 1.83 bits per heavy atom. The molecular weight excluding hydrogens is 374 g/mol. The van der Waals surface area contributed by atoms with Crippen molar-refractivity contribution in [1.29, 1.82) is 0 Å². The Bertz CT molecular complexity index is 878. The van der Waals surface area contributed by atoms with Gasteiger partial charge in [0.05, 0.1) is 6.04 Å². The van der Waals surface area contributed by atoms with E-state index in [1.165, 1.54) is 0 Å². The van der Waals surface area contributed by atoms with Crippen molar-refractivity contribution in [3.8, 4) is 5.75 Å². The van der Waals surface area contributed by atoms with Crippen LogP contribution in [0.4, 0.5) is 0 Å². The average Bonchev–Trinajstić information content (AvgIpc) is 2.72. The number of piperazine rings is 1. The molecule has 160 valence electrons. The van der Waals surface area contributed by atoms with E-state index in [-0.39, 0.29) is 17.7 Å². The first-order chi connectivity index (χ1) is 14.3. The van der Waals surface area contributed by atoms with Gasteiger partial charge in [-0.1, -0.05) is 30.3 Å². The van der Waals surface area contributed by atoms with Crippen molar-refractivity contribution in [3.63, 3.8) is 0 Å². The molecule has 3 rings (SSSR count). The largest absolute Gasteiger partial charge is 0.508 e. The number of phenolic OH excluding ortho intramolecular Hbond substituents is 1. The van der Waals surface area contributed by atoms with Crippen LogP contribution in [0.5, 0.6) is 5.75 Å². The Hall–Kier alpha value is -2.63. The molecule has 2 aromatic carbocycles. The summed E-state index contributed by atoms with van der Waals surface area (Å²) in [6.45, 7) is 11.2. The van der Waals surface area contributed by atoms with E-state index in [9.17, 15) is 9.90 Å². The lowest BCUT2D eigenvalue weighted by Gasteiger charge is -2.47. The van der Waals surface area contributed by atoms with Gasteiger partial charge in [-0.3, -0.25) is 14.6 Å². The normalized spacial score (nSPS) is 21.2. The molecule has 0 bridgehead atoms. The highest BCUT2D eigenvalue weighted by molar-refractivity contribution is 5.93. The molecule has 3 atom stereocenters. The summed E-state index contributed by atoms with van der Waals surface area (Å²) in [5.41, 5.74) is 2.85. The van der Waals surface area contributed by atoms with Crippen LogP contribution in [0.1, 0.15) is 41.4 Å². The Morgan fingerprint density at radius 1 is 1.13 bits per heavy atom. The van der Waals surface area contributed by atoms with Gasteiger partial charge >= 0.3 is 0 Å². The first-order valence-electron chi connectivity index (χ1n) is 10.5. The summed E-state index contributed by atoms with van der Waals surface area (Å²) in [4.78, 5) is 18.8. The lowest BCUT2D eigenvalue weighted by molar-refractivity contribution is 0.0306. The van der Waals surface area contributed by atoms with Crippen LogP contribution in [0.25, 0.3) is 0 Å². The summed E-state index contributed by atoms with van der Waals surface area (Å²) >= 11 is 0. The summed E-state index contributed by atoms with van der Waals surface area (Å²) < 4.78 is 0. The van der Waals surface area contributed by atoms with Crippen molar-refractivity contribution in [2.24, 2.45) is 0 Å². The van der Waals surface area contributed by atoms with Gasteiger partial charge in [0, 0.05) is 51.4 Å². The van der Waals surface area contributed by atoms with Gasteiger partial charge in [0.15, 0.2) is 0 Å². The highest BCUT2D eigenvalue weighted by atomic mass is 16.3. The number of benzene rings is 2. The van der Waals surface area contributed by atoms with Crippen LogP contribution in [0.15, 0.2) is 61.2 Å². The minimum Gasteiger partial charge on any atom is -0.508 e. The zero-order valence-electron chi connectivity index (χ0n) is 18.5. The number of hydrogen-bond donors (Lipinski definition) is 1. The average molecular weight is 408 g/mol. The van der Waals surface area contributed by atoms with Crippen molar-refractivity contribution in [2.45, 2.75) is 32.0 Å². The highest BCUT2D eigenvalue weighted by Crippen LogP contribution is 2.34. The molecule has 5 heteroatoms. The van der Waals surface area contributed by atoms with Gasteiger partial charge in [0.1, 0.15) is 5.75 Å². The molecule has 0 radical (unpaired) electrons. The highest BCUT2D eigenvalue weighted by Gasteiger charge is 2.34. The lowest BCUT2D eigenvalue weighted by Crippen LogP contribution is -2.57. The number of phenols is 1. The minimum absolute atomic E-state index is 0.00365. The van der Waals surface area contributed by atoms with Crippen molar-refractivity contribution < 1.29 is 9.90 Å². The molecule has 1 saturated heterocycles. The molecule has 5 nitrogen and oxygen atoms in total. The number of hydrogen-bond acceptors (Lipinski definition) is 4. The van der Waals surface area contributed by atoms with Crippen LogP contribution in [-0.2, 0) is 0 Å². The van der Waals surface area contributed by atoms with E-state index in [2.05, 4.69) is 36.3 Å². The third-order valence-corrected chi connectivity index (χ3v) is 5.92. The zero-order valence-corrected chi connectivity index (χ0v) is 18.5. The standard InChI is InChI=1S/C25H33N3O2/c1-6-14-27-16-19(3)28(17-18(27)2)24(22-8-7-9-23(29)15-22)20-10-12-21(13-11-20)25(30)26(4)5/h6-13,15,18-19,24,29H,1,14,16-17H2,2-5H3/t18-,19+,24-/m1/s1. The molecular formula is C25H33N3O2. The van der Waals surface area contributed by atoms with E-state index in [1.807, 2.05) is 42.5 Å². The van der Waals surface area contributed by atoms with E-state index in [0.717, 1.165) is 30.8 Å². The molecule has 1 fully saturated rings. The summed E-state index contributed by atoms with van der Waals surface area (Å²) in [5, 5.41) is 10.1. The predicted molar refractivity (Wildman–Crippen MR) is 122 cm³/mol. The van der Waals surface area contributed by atoms with Crippen molar-refractivity contribution in [3.05, 3.63) is 77.9 Å². The van der Waals surface area contributed by atoms with E-state index in [4.69, 9.17) is 0 Å². The Morgan fingerprint density at radius 3 is 2.43 bits per heavy atom. The lowest BCUT2D eigenvalue weighted by atomic mass is 9.92. The number of aromatic hydroxyl groups is 1. The molecule has 1 aliphatic rings. The number of carbonyl (C=O) groups excluding carboxylic acids is 1. The number of rotatable bonds is 6. The van der Waals surface area contributed by atoms with Crippen molar-refractivity contribution in [1.82, 2.24) is 14.7 Å². The molecule has 1 amide bonds. The third-order valence-electron chi connectivity index (χ3n) is 5.92. The second kappa shape index (κ2) is 9.45. The second-order valence-electron chi connectivity index (χ2n) is 8.46. The number of carbonyl (C=O) groups is 1. The van der Waals surface area contributed by atoms with Gasteiger partial charge in [0.25, 0.3) is 5.91 Å². The molecule has 1 heterocycles. The molecule has 1 aliphatic heterocycles. The van der Waals surface area contributed by atoms with Crippen LogP contribution in [0.3, 0.4) is 0 Å². The molecule has 0 saturated carbocycles. The SMILES string of the molecule is C=CCN1C[C@H](C)N([C@H](c2ccc(C(=O)N(C)C)cc2)c2cccc(O)c2)C[C@H]1C. The molecule has 0 aliphatic carbocycles. The van der Waals surface area contributed by atoms with Crippen LogP contribution >= 0.6 is 0 Å². The Labute approximate surface area is 180 Å². The van der Waals surface area contributed by atoms with E-state index in [1.54, 1.807) is 25.1 Å². The molecule has 0 aromatic heterocycles. The first kappa shape index (κ1) is 22.1. The molecule has 2 aromatic rings. The summed E-state index contributed by atoms with van der Waals surface area (Å²) in [5.74, 6) is 0.262. The molecule has 30 heavy (non-hydrogen) atoms. The van der Waals surface area contributed by atoms with Crippen molar-refractivity contribution in [2.75, 3.05) is 33.7 Å². The van der Waals surface area contributed by atoms with Crippen LogP contribution in [-0.4, -0.2) is 71.5 Å². The van der Waals surface area contributed by atoms with Gasteiger partial charge in [-0.15, -0.1) is 6.58 Å². The molecule has 0 unspecified atom stereocenters. The summed E-state index contributed by atoms with van der Waals surface area (Å²) in [6, 6.07) is 16.1. The second-order valence-corrected chi connectivity index (χ2v) is 8.46. The molecule has 1 N–H and O–H groups in total. The van der Waals surface area contributed by atoms with Gasteiger partial charge in [-0.25, -0.2) is 0 Å². The zero-order chi connectivity index (χ0) is 21.8. The van der Waals surface area contributed by atoms with Crippen LogP contribution in [0.2, 0.25) is 0 Å². The maximum absolute atomic E-state index is 12.3. The van der Waals surface area contributed by atoms with Crippen LogP contribution < -0.4 is 0 Å². The van der Waals surface area contributed by atoms with Gasteiger partial charge in [-0.2, -0.15) is 0 Å². The Balaban J connectivity index is 1.98. The van der Waals surface area contributed by atoms with Gasteiger partial charge < -0.3 is 10.0 Å². The van der Waals surface area contributed by atoms with E-state index >= 15 is 0 Å².